The molecule has 4 aromatic rings. The van der Waals surface area contributed by atoms with Gasteiger partial charge in [0.05, 0.1) is 12.5 Å². The first-order chi connectivity index (χ1) is 31.1. The predicted octanol–water partition coefficient (Wildman–Crippen LogP) is 5.16. The van der Waals surface area contributed by atoms with E-state index < -0.39 is 13.2 Å². The number of Topliss-reactive ketones (excluding diaryl/α,β-unsaturated/α-hetero) is 2. The van der Waals surface area contributed by atoms with Crippen molar-refractivity contribution in [3.8, 4) is 0 Å². The predicted molar refractivity (Wildman–Crippen MR) is 251 cm³/mol. The number of rotatable bonds is 10. The SMILES string of the molecule is CC/C(=C(/c1ccc(B(O)O)cc1)c1ccc(N2CCN(C(=O)N3CCC(CN4CCN(c5ccc6c(c5)CN(C5CCC(=O)CC5=O)C6=O)CC4)CC3)CC2)cc1)c1ccccc1. The first-order valence-electron chi connectivity index (χ1n) is 23.2. The molecule has 1 aliphatic carbocycles. The number of hydrogen-bond acceptors (Lipinski definition) is 9. The Labute approximate surface area is 376 Å². The fraction of sp³-hybridized carbons (Fsp3) is 0.412. The number of carbonyl (C=O) groups is 4. The van der Waals surface area contributed by atoms with Gasteiger partial charge in [-0.3, -0.25) is 19.3 Å². The highest BCUT2D eigenvalue weighted by molar-refractivity contribution is 6.58. The van der Waals surface area contributed by atoms with Crippen LogP contribution < -0.4 is 15.3 Å². The Morgan fingerprint density at radius 3 is 1.92 bits per heavy atom. The van der Waals surface area contributed by atoms with Crippen molar-refractivity contribution in [2.45, 2.75) is 58.0 Å². The van der Waals surface area contributed by atoms with E-state index in [4.69, 9.17) is 0 Å². The summed E-state index contributed by atoms with van der Waals surface area (Å²) in [7, 11) is -1.51. The maximum Gasteiger partial charge on any atom is 0.488 e. The van der Waals surface area contributed by atoms with Crippen LogP contribution >= 0.6 is 0 Å². The molecule has 0 radical (unpaired) electrons. The van der Waals surface area contributed by atoms with Crippen LogP contribution in [0.1, 0.15) is 78.1 Å². The van der Waals surface area contributed by atoms with Gasteiger partial charge in [-0.1, -0.05) is 73.7 Å². The molecule has 5 aliphatic rings. The van der Waals surface area contributed by atoms with Crippen LogP contribution in [-0.4, -0.2) is 138 Å². The van der Waals surface area contributed by atoms with Crippen LogP contribution in [0.15, 0.2) is 97.1 Å². The van der Waals surface area contributed by atoms with Gasteiger partial charge in [-0.2, -0.15) is 0 Å². The Bertz CT molecular complexity index is 2370. The van der Waals surface area contributed by atoms with Gasteiger partial charge in [0.2, 0.25) is 0 Å². The van der Waals surface area contributed by atoms with Gasteiger partial charge in [-0.05, 0) is 101 Å². The van der Waals surface area contributed by atoms with Crippen LogP contribution in [0.5, 0.6) is 0 Å². The molecule has 3 amide bonds. The second-order valence-electron chi connectivity index (χ2n) is 18.1. The van der Waals surface area contributed by atoms with Crippen LogP contribution in [0.3, 0.4) is 0 Å². The second-order valence-corrected chi connectivity index (χ2v) is 18.1. The molecular weight excluding hydrogens is 803 g/mol. The van der Waals surface area contributed by atoms with Crippen molar-refractivity contribution in [2.75, 3.05) is 81.8 Å². The lowest BCUT2D eigenvalue weighted by molar-refractivity contribution is -0.133. The molecule has 1 saturated carbocycles. The lowest BCUT2D eigenvalue weighted by atomic mass is 9.79. The number of anilines is 2. The summed E-state index contributed by atoms with van der Waals surface area (Å²) in [5, 5.41) is 19.4. The molecule has 0 aromatic heterocycles. The highest BCUT2D eigenvalue weighted by atomic mass is 16.4. The molecule has 2 N–H and O–H groups in total. The number of likely N-dealkylation sites (tertiary alicyclic amines) is 1. The number of piperidine rings is 1. The minimum Gasteiger partial charge on any atom is -0.423 e. The van der Waals surface area contributed by atoms with Crippen LogP contribution in [0, 0.1) is 5.92 Å². The Morgan fingerprint density at radius 2 is 1.28 bits per heavy atom. The monoisotopic (exact) mass is 862 g/mol. The van der Waals surface area contributed by atoms with Gasteiger partial charge in [-0.25, -0.2) is 4.79 Å². The summed E-state index contributed by atoms with van der Waals surface area (Å²) < 4.78 is 0. The zero-order valence-electron chi connectivity index (χ0n) is 36.9. The molecule has 1 atom stereocenters. The van der Waals surface area contributed by atoms with Gasteiger partial charge in [0.1, 0.15) is 5.78 Å². The van der Waals surface area contributed by atoms with Gasteiger partial charge in [0.25, 0.3) is 5.91 Å². The molecule has 9 rings (SSSR count). The van der Waals surface area contributed by atoms with E-state index in [-0.39, 0.29) is 29.9 Å². The number of urea groups is 1. The fourth-order valence-corrected chi connectivity index (χ4v) is 10.5. The molecule has 4 aromatic carbocycles. The number of fused-ring (bicyclic) bond motifs is 1. The molecule has 12 nitrogen and oxygen atoms in total. The maximum absolute atomic E-state index is 13.7. The summed E-state index contributed by atoms with van der Waals surface area (Å²) in [6.45, 7) is 11.9. The highest BCUT2D eigenvalue weighted by Gasteiger charge is 2.39. The number of allylic oxidation sites excluding steroid dienone is 1. The molecule has 13 heteroatoms. The minimum atomic E-state index is -1.51. The Morgan fingerprint density at radius 1 is 0.672 bits per heavy atom. The van der Waals surface area contributed by atoms with Crippen molar-refractivity contribution >= 4 is 58.6 Å². The van der Waals surface area contributed by atoms with E-state index in [2.05, 4.69) is 81.1 Å². The molecule has 332 valence electrons. The summed E-state index contributed by atoms with van der Waals surface area (Å²) in [4.78, 5) is 64.4. The number of piperazine rings is 2. The van der Waals surface area contributed by atoms with Crippen molar-refractivity contribution in [1.82, 2.24) is 19.6 Å². The van der Waals surface area contributed by atoms with Crippen molar-refractivity contribution in [3.05, 3.63) is 125 Å². The highest BCUT2D eigenvalue weighted by Crippen LogP contribution is 2.36. The average Bonchev–Trinajstić information content (AvgIpc) is 3.66. The Balaban J connectivity index is 0.737. The topological polar surface area (TPSA) is 128 Å². The third-order valence-corrected chi connectivity index (χ3v) is 14.2. The molecule has 0 spiro atoms. The number of nitrogens with zero attached hydrogens (tertiary/aromatic N) is 6. The summed E-state index contributed by atoms with van der Waals surface area (Å²) in [6.07, 6.45) is 3.58. The average molecular weight is 863 g/mol. The van der Waals surface area contributed by atoms with Gasteiger partial charge >= 0.3 is 13.1 Å². The molecule has 3 saturated heterocycles. The summed E-state index contributed by atoms with van der Waals surface area (Å²) >= 11 is 0. The Hall–Kier alpha value is -5.76. The van der Waals surface area contributed by atoms with E-state index >= 15 is 0 Å². The van der Waals surface area contributed by atoms with Gasteiger partial charge in [0, 0.05) is 102 Å². The molecule has 64 heavy (non-hydrogen) atoms. The van der Waals surface area contributed by atoms with Crippen LogP contribution in [0.4, 0.5) is 16.2 Å². The zero-order chi connectivity index (χ0) is 44.3. The van der Waals surface area contributed by atoms with Crippen molar-refractivity contribution in [2.24, 2.45) is 5.92 Å². The largest absolute Gasteiger partial charge is 0.488 e. The molecule has 4 aliphatic heterocycles. The first-order valence-corrected chi connectivity index (χ1v) is 23.2. The summed E-state index contributed by atoms with van der Waals surface area (Å²) in [6, 6.07) is 32.3. The fourth-order valence-electron chi connectivity index (χ4n) is 10.5. The van der Waals surface area contributed by atoms with E-state index in [1.165, 1.54) is 5.57 Å². The quantitative estimate of drug-likeness (QED) is 0.126. The molecule has 1 unspecified atom stereocenters. The number of carbonyl (C=O) groups excluding carboxylic acids is 4. The van der Waals surface area contributed by atoms with E-state index in [0.29, 0.717) is 49.4 Å². The zero-order valence-corrected chi connectivity index (χ0v) is 36.9. The van der Waals surface area contributed by atoms with Crippen LogP contribution in [0.25, 0.3) is 11.1 Å². The van der Waals surface area contributed by atoms with Crippen LogP contribution in [0.2, 0.25) is 0 Å². The van der Waals surface area contributed by atoms with E-state index in [1.807, 2.05) is 35.2 Å². The number of hydrogen-bond donors (Lipinski definition) is 2. The molecular formula is C51H59BN6O6. The lowest BCUT2D eigenvalue weighted by Crippen LogP contribution is -2.54. The number of amides is 3. The summed E-state index contributed by atoms with van der Waals surface area (Å²) in [5.41, 5.74) is 9.96. The molecule has 0 bridgehead atoms. The maximum atomic E-state index is 13.7. The molecule has 4 heterocycles. The van der Waals surface area contributed by atoms with Gasteiger partial charge in [0.15, 0.2) is 5.78 Å². The van der Waals surface area contributed by atoms with Crippen LogP contribution in [-0.2, 0) is 16.1 Å². The smallest absolute Gasteiger partial charge is 0.423 e. The van der Waals surface area contributed by atoms with Gasteiger partial charge < -0.3 is 34.5 Å². The van der Waals surface area contributed by atoms with E-state index in [0.717, 1.165) is 117 Å². The number of ketones is 2. The normalized spacial score (nSPS) is 20.5. The third-order valence-electron chi connectivity index (χ3n) is 14.2. The minimum absolute atomic E-state index is 0.0317. The van der Waals surface area contributed by atoms with Crippen molar-refractivity contribution in [1.29, 1.82) is 0 Å². The lowest BCUT2D eigenvalue weighted by Gasteiger charge is -2.42. The van der Waals surface area contributed by atoms with E-state index in [9.17, 15) is 29.2 Å². The third kappa shape index (κ3) is 9.25. The standard InChI is InChI=1S/C51H59BN6O6/c1-2-45(37-6-4-3-5-7-37)49(38-8-12-41(13-9-38)52(63)64)39-10-14-42(15-11-39)54-28-30-57(31-29-54)51(62)56-22-20-36(21-23-56)34-53-24-26-55(27-25-53)43-16-18-46-40(32-43)35-58(50(46)61)47-19-17-44(59)33-48(47)60/h3-16,18,32,36,47,63-64H,2,17,19-31,33-35H2,1H3/b49-45+. The molecule has 4 fully saturated rings. The van der Waals surface area contributed by atoms with E-state index in [1.54, 1.807) is 17.0 Å². The summed E-state index contributed by atoms with van der Waals surface area (Å²) in [5.74, 6) is 0.292. The second kappa shape index (κ2) is 19.2. The van der Waals surface area contributed by atoms with Crippen molar-refractivity contribution < 1.29 is 29.2 Å². The first kappa shape index (κ1) is 43.5. The Kier molecular flexibility index (Phi) is 13.0. The number of benzene rings is 4. The van der Waals surface area contributed by atoms with Gasteiger partial charge in [-0.15, -0.1) is 0 Å². The van der Waals surface area contributed by atoms with Crippen molar-refractivity contribution in [3.63, 3.8) is 0 Å².